The molecule has 0 aliphatic carbocycles. The molecular formula is C12H19N5O. The number of carbonyl (C=O) groups is 1. The van der Waals surface area contributed by atoms with Gasteiger partial charge in [-0.1, -0.05) is 6.92 Å². The van der Waals surface area contributed by atoms with Crippen LogP contribution in [0, 0.1) is 17.2 Å². The summed E-state index contributed by atoms with van der Waals surface area (Å²) in [6.07, 6.45) is 0.686. The molecule has 0 radical (unpaired) electrons. The number of anilines is 1. The molecule has 1 aromatic rings. The van der Waals surface area contributed by atoms with E-state index < -0.39 is 0 Å². The van der Waals surface area contributed by atoms with E-state index >= 15 is 0 Å². The number of nitrogen functional groups attached to an aromatic ring is 1. The molecule has 1 rings (SSSR count). The Hall–Kier alpha value is -2.03. The first-order valence-electron chi connectivity index (χ1n) is 5.88. The van der Waals surface area contributed by atoms with Gasteiger partial charge in [-0.25, -0.2) is 0 Å². The van der Waals surface area contributed by atoms with E-state index in [0.29, 0.717) is 24.3 Å². The minimum Gasteiger partial charge on any atom is -0.395 e. The first-order valence-corrected chi connectivity index (χ1v) is 5.88. The maximum Gasteiger partial charge on any atom is 0.274 e. The van der Waals surface area contributed by atoms with Crippen LogP contribution in [-0.2, 0) is 13.5 Å². The molecule has 1 amide bonds. The van der Waals surface area contributed by atoms with Gasteiger partial charge in [0.25, 0.3) is 5.91 Å². The number of carbonyl (C=O) groups excluding carboxylic acids is 1. The van der Waals surface area contributed by atoms with Crippen LogP contribution in [0.1, 0.15) is 30.0 Å². The number of aryl methyl sites for hydroxylation is 2. The van der Waals surface area contributed by atoms with Crippen LogP contribution in [0.5, 0.6) is 0 Å². The molecule has 98 valence electrons. The third-order valence-corrected chi connectivity index (χ3v) is 2.81. The third-order valence-electron chi connectivity index (χ3n) is 2.81. The fourth-order valence-corrected chi connectivity index (χ4v) is 1.83. The summed E-state index contributed by atoms with van der Waals surface area (Å²) in [5.74, 6) is -0.414. The predicted molar refractivity (Wildman–Crippen MR) is 68.7 cm³/mol. The highest BCUT2D eigenvalue weighted by Crippen LogP contribution is 2.18. The Balaban J connectivity index is 2.97. The minimum atomic E-state index is -0.209. The molecule has 0 aliphatic heterocycles. The van der Waals surface area contributed by atoms with E-state index in [-0.39, 0.29) is 11.8 Å². The molecule has 0 aromatic carbocycles. The second-order valence-electron chi connectivity index (χ2n) is 4.40. The van der Waals surface area contributed by atoms with Gasteiger partial charge in [-0.3, -0.25) is 9.48 Å². The SMILES string of the molecule is CCc1nn(C)c(C(=O)N(C)CC(C)C#N)c1N. The molecule has 0 bridgehead atoms. The van der Waals surface area contributed by atoms with Crippen LogP contribution in [-0.4, -0.2) is 34.2 Å². The predicted octanol–water partition coefficient (Wildman–Crippen LogP) is 0.796. The lowest BCUT2D eigenvalue weighted by Crippen LogP contribution is -2.32. The second-order valence-corrected chi connectivity index (χ2v) is 4.40. The van der Waals surface area contributed by atoms with E-state index in [2.05, 4.69) is 11.2 Å². The first-order chi connectivity index (χ1) is 8.42. The quantitative estimate of drug-likeness (QED) is 0.854. The minimum absolute atomic E-state index is 0.204. The number of hydrogen-bond donors (Lipinski definition) is 1. The zero-order valence-electron chi connectivity index (χ0n) is 11.3. The largest absolute Gasteiger partial charge is 0.395 e. The van der Waals surface area contributed by atoms with Gasteiger partial charge < -0.3 is 10.6 Å². The summed E-state index contributed by atoms with van der Waals surface area (Å²) < 4.78 is 1.50. The first kappa shape index (κ1) is 14.0. The van der Waals surface area contributed by atoms with E-state index in [4.69, 9.17) is 11.0 Å². The summed E-state index contributed by atoms with van der Waals surface area (Å²) in [6.45, 7) is 4.09. The Bertz CT molecular complexity index is 485. The van der Waals surface area contributed by atoms with Gasteiger partial charge in [0.1, 0.15) is 5.69 Å². The summed E-state index contributed by atoms with van der Waals surface area (Å²) in [5.41, 5.74) is 7.47. The summed E-state index contributed by atoms with van der Waals surface area (Å²) >= 11 is 0. The Morgan fingerprint density at radius 3 is 2.72 bits per heavy atom. The lowest BCUT2D eigenvalue weighted by molar-refractivity contribution is 0.0775. The van der Waals surface area contributed by atoms with Crippen molar-refractivity contribution < 1.29 is 4.79 Å². The van der Waals surface area contributed by atoms with Crippen molar-refractivity contribution in [3.8, 4) is 6.07 Å². The smallest absolute Gasteiger partial charge is 0.274 e. The highest BCUT2D eigenvalue weighted by molar-refractivity contribution is 5.97. The van der Waals surface area contributed by atoms with Crippen molar-refractivity contribution in [1.29, 1.82) is 5.26 Å². The standard InChI is InChI=1S/C12H19N5O/c1-5-9-10(14)11(17(4)15-9)12(18)16(3)7-8(2)6-13/h8H,5,7,14H2,1-4H3. The van der Waals surface area contributed by atoms with Gasteiger partial charge in [-0.05, 0) is 13.3 Å². The number of nitriles is 1. The van der Waals surface area contributed by atoms with Crippen LogP contribution in [0.25, 0.3) is 0 Å². The summed E-state index contributed by atoms with van der Waals surface area (Å²) in [5, 5.41) is 13.0. The molecule has 6 heteroatoms. The summed E-state index contributed by atoms with van der Waals surface area (Å²) in [4.78, 5) is 13.7. The van der Waals surface area contributed by atoms with Gasteiger partial charge in [-0.2, -0.15) is 10.4 Å². The fourth-order valence-electron chi connectivity index (χ4n) is 1.83. The Morgan fingerprint density at radius 2 is 2.28 bits per heavy atom. The Kier molecular flexibility index (Phi) is 4.32. The molecule has 1 atom stereocenters. The van der Waals surface area contributed by atoms with Crippen LogP contribution in [0.2, 0.25) is 0 Å². The molecule has 0 aliphatic rings. The van der Waals surface area contributed by atoms with Crippen molar-refractivity contribution in [1.82, 2.24) is 14.7 Å². The number of nitrogens with two attached hydrogens (primary N) is 1. The highest BCUT2D eigenvalue weighted by atomic mass is 16.2. The second kappa shape index (κ2) is 5.54. The fraction of sp³-hybridized carbons (Fsp3) is 0.583. The number of aromatic nitrogens is 2. The average Bonchev–Trinajstić information content (AvgIpc) is 2.63. The lowest BCUT2D eigenvalue weighted by atomic mass is 10.2. The van der Waals surface area contributed by atoms with E-state index in [0.717, 1.165) is 5.69 Å². The average molecular weight is 249 g/mol. The summed E-state index contributed by atoms with van der Waals surface area (Å²) in [6, 6.07) is 2.10. The zero-order chi connectivity index (χ0) is 13.9. The third kappa shape index (κ3) is 2.62. The normalized spacial score (nSPS) is 11.9. The van der Waals surface area contributed by atoms with Gasteiger partial charge in [0.05, 0.1) is 23.4 Å². The van der Waals surface area contributed by atoms with Gasteiger partial charge >= 0.3 is 0 Å². The van der Waals surface area contributed by atoms with E-state index in [1.807, 2.05) is 6.92 Å². The van der Waals surface area contributed by atoms with Crippen molar-refractivity contribution in [2.45, 2.75) is 20.3 Å². The molecule has 18 heavy (non-hydrogen) atoms. The monoisotopic (exact) mass is 249 g/mol. The highest BCUT2D eigenvalue weighted by Gasteiger charge is 2.22. The van der Waals surface area contributed by atoms with Crippen LogP contribution < -0.4 is 5.73 Å². The molecular weight excluding hydrogens is 230 g/mol. The molecule has 1 unspecified atom stereocenters. The number of hydrogen-bond acceptors (Lipinski definition) is 4. The van der Waals surface area contributed by atoms with Gasteiger partial charge in [0.2, 0.25) is 0 Å². The summed E-state index contributed by atoms with van der Waals surface area (Å²) in [7, 11) is 3.36. The molecule has 0 fully saturated rings. The molecule has 1 aromatic heterocycles. The van der Waals surface area contributed by atoms with E-state index in [1.54, 1.807) is 21.0 Å². The molecule has 0 saturated heterocycles. The topological polar surface area (TPSA) is 87.9 Å². The maximum atomic E-state index is 12.2. The van der Waals surface area contributed by atoms with Crippen molar-refractivity contribution in [3.63, 3.8) is 0 Å². The molecule has 2 N–H and O–H groups in total. The van der Waals surface area contributed by atoms with Gasteiger partial charge in [0, 0.05) is 20.6 Å². The number of rotatable bonds is 4. The van der Waals surface area contributed by atoms with Gasteiger partial charge in [-0.15, -0.1) is 0 Å². The van der Waals surface area contributed by atoms with Crippen molar-refractivity contribution >= 4 is 11.6 Å². The lowest BCUT2D eigenvalue weighted by Gasteiger charge is -2.18. The van der Waals surface area contributed by atoms with Crippen molar-refractivity contribution in [3.05, 3.63) is 11.4 Å². The number of amides is 1. The molecule has 1 heterocycles. The van der Waals surface area contributed by atoms with Crippen molar-refractivity contribution in [2.24, 2.45) is 13.0 Å². The Morgan fingerprint density at radius 1 is 1.67 bits per heavy atom. The van der Waals surface area contributed by atoms with Crippen LogP contribution in [0.4, 0.5) is 5.69 Å². The van der Waals surface area contributed by atoms with Crippen LogP contribution in [0.15, 0.2) is 0 Å². The number of nitrogens with zero attached hydrogens (tertiary/aromatic N) is 4. The van der Waals surface area contributed by atoms with Crippen LogP contribution >= 0.6 is 0 Å². The Labute approximate surface area is 107 Å². The molecule has 0 spiro atoms. The van der Waals surface area contributed by atoms with Crippen LogP contribution in [0.3, 0.4) is 0 Å². The molecule has 0 saturated carbocycles. The zero-order valence-corrected chi connectivity index (χ0v) is 11.3. The van der Waals surface area contributed by atoms with Crippen molar-refractivity contribution in [2.75, 3.05) is 19.3 Å². The van der Waals surface area contributed by atoms with Gasteiger partial charge in [0.15, 0.2) is 0 Å². The molecule has 6 nitrogen and oxygen atoms in total. The maximum absolute atomic E-state index is 12.2. The van der Waals surface area contributed by atoms with E-state index in [9.17, 15) is 4.79 Å². The van der Waals surface area contributed by atoms with E-state index in [1.165, 1.54) is 9.58 Å².